The van der Waals surface area contributed by atoms with Crippen LogP contribution in [0.1, 0.15) is 18.4 Å². The van der Waals surface area contributed by atoms with Gasteiger partial charge in [0.05, 0.1) is 23.4 Å². The number of aromatic nitrogens is 1. The molecule has 0 fully saturated rings. The van der Waals surface area contributed by atoms with E-state index >= 15 is 0 Å². The van der Waals surface area contributed by atoms with E-state index in [-0.39, 0.29) is 11.8 Å². The first-order valence-corrected chi connectivity index (χ1v) is 13.9. The van der Waals surface area contributed by atoms with Crippen molar-refractivity contribution in [3.63, 3.8) is 0 Å². The van der Waals surface area contributed by atoms with Gasteiger partial charge in [-0.25, -0.2) is 4.59 Å². The van der Waals surface area contributed by atoms with Crippen LogP contribution in [-0.4, -0.2) is 79.3 Å². The minimum Gasteiger partial charge on any atom is -0.343 e. The molecule has 11 heteroatoms. The fourth-order valence-corrected chi connectivity index (χ4v) is 4.77. The summed E-state index contributed by atoms with van der Waals surface area (Å²) >= 11 is 0. The van der Waals surface area contributed by atoms with Crippen LogP contribution in [0.15, 0.2) is 66.9 Å². The van der Waals surface area contributed by atoms with Crippen LogP contribution >= 0.6 is 0 Å². The van der Waals surface area contributed by atoms with Crippen LogP contribution in [0.5, 0.6) is 0 Å². The quantitative estimate of drug-likeness (QED) is 0.0917. The summed E-state index contributed by atoms with van der Waals surface area (Å²) in [5.41, 5.74) is 29.6. The Morgan fingerprint density at radius 3 is 2.17 bits per heavy atom. The number of hydrogen-bond donors (Lipinski definition) is 7. The van der Waals surface area contributed by atoms with Crippen molar-refractivity contribution in [3.05, 3.63) is 72.4 Å². The maximum Gasteiger partial charge on any atom is 0.247 e. The predicted molar refractivity (Wildman–Crippen MR) is 160 cm³/mol. The average molecular weight is 551 g/mol. The van der Waals surface area contributed by atoms with Crippen molar-refractivity contribution in [2.45, 2.75) is 31.3 Å². The Hall–Kier alpha value is -3.45. The molecule has 2 aromatic carbocycles. The summed E-state index contributed by atoms with van der Waals surface area (Å²) in [6.45, 7) is 3.90. The lowest BCUT2D eigenvalue weighted by Crippen LogP contribution is -2.64. The highest BCUT2D eigenvalue weighted by Gasteiger charge is 2.27. The Kier molecular flexibility index (Phi) is 12.4. The number of hydrogen-bond acceptors (Lipinski definition) is 8. The summed E-state index contributed by atoms with van der Waals surface area (Å²) in [5.74, 6) is -0.711. The van der Waals surface area contributed by atoms with Crippen LogP contribution in [0.2, 0.25) is 0 Å². The van der Waals surface area contributed by atoms with E-state index in [1.165, 1.54) is 0 Å². The normalized spacial score (nSPS) is 13.1. The number of benzene rings is 2. The number of quaternary nitrogens is 1. The summed E-state index contributed by atoms with van der Waals surface area (Å²) < 4.78 is 0.472. The van der Waals surface area contributed by atoms with Gasteiger partial charge in [-0.15, -0.1) is 0 Å². The molecule has 0 aliphatic carbocycles. The minimum atomic E-state index is -0.808. The van der Waals surface area contributed by atoms with E-state index in [4.69, 9.17) is 22.9 Å². The van der Waals surface area contributed by atoms with Crippen LogP contribution in [0, 0.1) is 0 Å². The molecule has 0 aliphatic heterocycles. The molecule has 2 atom stereocenters. The Labute approximate surface area is 236 Å². The van der Waals surface area contributed by atoms with Crippen molar-refractivity contribution in [1.29, 1.82) is 0 Å². The maximum absolute atomic E-state index is 13.3. The number of nitrogens with two attached hydrogens (primary N) is 4. The standard InChI is InChI=1S/C29H43N9O2/c30-13-17-38(18-14-31,19-15-32)35-16-12-25(33)28(39)37-27(11-10-22-6-2-1-3-7-22)29(40)36-24-20-23-8-4-5-9-26(23)34-21-24/h1-9,20-21,25,27,35H,10-19,30-33H2,(H-,36,37,39,40)/p+1/t25-,27-/m0/s1. The lowest BCUT2D eigenvalue weighted by atomic mass is 10.0. The molecule has 0 bridgehead atoms. The number of para-hydroxylation sites is 1. The zero-order valence-electron chi connectivity index (χ0n) is 23.1. The molecule has 1 aromatic heterocycles. The van der Waals surface area contributed by atoms with Gasteiger partial charge in [-0.05, 0) is 37.0 Å². The van der Waals surface area contributed by atoms with Crippen LogP contribution in [0.3, 0.4) is 0 Å². The largest absolute Gasteiger partial charge is 0.343 e. The molecule has 0 saturated heterocycles. The fraction of sp³-hybridized carbons (Fsp3) is 0.414. The summed E-state index contributed by atoms with van der Waals surface area (Å²) in [7, 11) is 0. The van der Waals surface area contributed by atoms with Gasteiger partial charge in [-0.2, -0.15) is 5.43 Å². The fourth-order valence-electron chi connectivity index (χ4n) is 4.77. The van der Waals surface area contributed by atoms with Gasteiger partial charge in [0.2, 0.25) is 11.8 Å². The van der Waals surface area contributed by atoms with Crippen LogP contribution in [0.25, 0.3) is 10.9 Å². The van der Waals surface area contributed by atoms with Gasteiger partial charge in [0.1, 0.15) is 25.7 Å². The van der Waals surface area contributed by atoms with Crippen molar-refractivity contribution in [1.82, 2.24) is 15.7 Å². The molecular formula is C29H44N9O2+. The SMILES string of the molecule is NCC[N+](CCN)(CCN)NCC[C@H](N)C(=O)N[C@@H](CCc1ccccc1)C(=O)Nc1cnc2ccccc2c1. The molecule has 0 unspecified atom stereocenters. The predicted octanol–water partition coefficient (Wildman–Crippen LogP) is 0.206. The number of amides is 2. The number of aryl methyl sites for hydroxylation is 1. The van der Waals surface area contributed by atoms with E-state index in [2.05, 4.69) is 21.0 Å². The van der Waals surface area contributed by atoms with Crippen molar-refractivity contribution in [2.75, 3.05) is 51.1 Å². The van der Waals surface area contributed by atoms with Gasteiger partial charge in [-0.1, -0.05) is 48.5 Å². The molecule has 3 rings (SSSR count). The third-order valence-electron chi connectivity index (χ3n) is 6.97. The van der Waals surface area contributed by atoms with Gasteiger partial charge in [0.25, 0.3) is 0 Å². The second-order valence-corrected chi connectivity index (χ2v) is 9.98. The van der Waals surface area contributed by atoms with Crippen molar-refractivity contribution < 1.29 is 14.2 Å². The second kappa shape index (κ2) is 16.0. The lowest BCUT2D eigenvalue weighted by molar-refractivity contribution is -0.966. The van der Waals surface area contributed by atoms with Gasteiger partial charge in [-0.3, -0.25) is 14.6 Å². The smallest absolute Gasteiger partial charge is 0.247 e. The average Bonchev–Trinajstić information content (AvgIpc) is 2.96. The summed E-state index contributed by atoms with van der Waals surface area (Å²) in [6.07, 6.45) is 3.01. The third-order valence-corrected chi connectivity index (χ3v) is 6.97. The number of nitrogens with zero attached hydrogens (tertiary/aromatic N) is 2. The molecule has 0 spiro atoms. The Morgan fingerprint density at radius 2 is 1.50 bits per heavy atom. The lowest BCUT2D eigenvalue weighted by Gasteiger charge is -2.37. The summed E-state index contributed by atoms with van der Waals surface area (Å²) in [6, 6.07) is 17.8. The molecule has 40 heavy (non-hydrogen) atoms. The van der Waals surface area contributed by atoms with Crippen molar-refractivity contribution >= 4 is 28.4 Å². The van der Waals surface area contributed by atoms with Gasteiger partial charge < -0.3 is 33.6 Å². The Balaban J connectivity index is 1.64. The molecule has 3 aromatic rings. The summed E-state index contributed by atoms with van der Waals surface area (Å²) in [5, 5.41) is 6.70. The monoisotopic (exact) mass is 550 g/mol. The van der Waals surface area contributed by atoms with Crippen LogP contribution < -0.4 is 39.0 Å². The van der Waals surface area contributed by atoms with E-state index in [1.807, 2.05) is 60.7 Å². The first-order chi connectivity index (χ1) is 19.4. The number of rotatable bonds is 17. The molecule has 216 valence electrons. The van der Waals surface area contributed by atoms with E-state index in [9.17, 15) is 9.59 Å². The first kappa shape index (κ1) is 31.1. The highest BCUT2D eigenvalue weighted by atomic mass is 16.2. The Morgan fingerprint density at radius 1 is 0.850 bits per heavy atom. The zero-order chi connectivity index (χ0) is 28.8. The second-order valence-electron chi connectivity index (χ2n) is 9.98. The maximum atomic E-state index is 13.3. The number of carbonyl (C=O) groups is 2. The first-order valence-electron chi connectivity index (χ1n) is 13.9. The van der Waals surface area contributed by atoms with Crippen molar-refractivity contribution in [2.24, 2.45) is 22.9 Å². The van der Waals surface area contributed by atoms with Gasteiger partial charge in [0.15, 0.2) is 0 Å². The molecular weight excluding hydrogens is 506 g/mol. The van der Waals surface area contributed by atoms with Gasteiger partial charge >= 0.3 is 0 Å². The van der Waals surface area contributed by atoms with E-state index in [0.717, 1.165) is 16.5 Å². The van der Waals surface area contributed by atoms with E-state index < -0.39 is 12.1 Å². The minimum absolute atomic E-state index is 0.323. The molecule has 0 radical (unpaired) electrons. The number of pyridine rings is 1. The number of fused-ring (bicyclic) bond motifs is 1. The summed E-state index contributed by atoms with van der Waals surface area (Å²) in [4.78, 5) is 30.9. The molecule has 0 aliphatic rings. The van der Waals surface area contributed by atoms with E-state index in [0.29, 0.717) is 75.4 Å². The molecule has 11 N–H and O–H groups in total. The molecule has 1 heterocycles. The van der Waals surface area contributed by atoms with Gasteiger partial charge in [0, 0.05) is 31.6 Å². The number of anilines is 1. The van der Waals surface area contributed by atoms with Crippen molar-refractivity contribution in [3.8, 4) is 0 Å². The molecule has 2 amide bonds. The highest BCUT2D eigenvalue weighted by Crippen LogP contribution is 2.17. The Bertz CT molecular complexity index is 1190. The molecule has 11 nitrogen and oxygen atoms in total. The number of carbonyl (C=O) groups excluding carboxylic acids is 2. The number of nitrogens with one attached hydrogen (secondary N) is 3. The topological polar surface area (TPSA) is 187 Å². The van der Waals surface area contributed by atoms with E-state index in [1.54, 1.807) is 6.20 Å². The third kappa shape index (κ3) is 9.33. The van der Waals surface area contributed by atoms with Crippen LogP contribution in [0.4, 0.5) is 5.69 Å². The molecule has 0 saturated carbocycles. The van der Waals surface area contributed by atoms with Crippen LogP contribution in [-0.2, 0) is 16.0 Å². The highest BCUT2D eigenvalue weighted by molar-refractivity contribution is 5.98. The zero-order valence-corrected chi connectivity index (χ0v) is 23.1.